The molecule has 1 aromatic heterocycles. The summed E-state index contributed by atoms with van der Waals surface area (Å²) in [6.07, 6.45) is 0.120. The number of methoxy groups -OCH3 is 1. The zero-order valence-electron chi connectivity index (χ0n) is 17.2. The highest BCUT2D eigenvalue weighted by molar-refractivity contribution is 8.01. The number of ketones is 1. The molecule has 0 aliphatic carbocycles. The fraction of sp³-hybridized carbons (Fsp3) is 0.227. The molecule has 164 valence electrons. The molecule has 10 heteroatoms. The molecule has 1 fully saturated rings. The second-order valence-electron chi connectivity index (χ2n) is 7.05. The van der Waals surface area contributed by atoms with E-state index in [4.69, 9.17) is 4.74 Å². The number of hydrogen-bond acceptors (Lipinski definition) is 8. The monoisotopic (exact) mass is 468 g/mol. The lowest BCUT2D eigenvalue weighted by atomic mass is 10.1. The van der Waals surface area contributed by atoms with Crippen LogP contribution in [0.3, 0.4) is 0 Å². The highest BCUT2D eigenvalue weighted by atomic mass is 32.2. The van der Waals surface area contributed by atoms with Crippen LogP contribution in [0.5, 0.6) is 5.75 Å². The molecule has 0 spiro atoms. The Balaban J connectivity index is 1.32. The number of benzene rings is 2. The fourth-order valence-corrected chi connectivity index (χ4v) is 4.92. The molecule has 32 heavy (non-hydrogen) atoms. The van der Waals surface area contributed by atoms with Gasteiger partial charge in [0.25, 0.3) is 0 Å². The molecule has 2 amide bonds. The number of carbonyl (C=O) groups excluding carboxylic acids is 3. The van der Waals surface area contributed by atoms with Crippen LogP contribution in [0.4, 0.5) is 10.8 Å². The summed E-state index contributed by atoms with van der Waals surface area (Å²) in [5, 5.41) is 11.1. The Hall–Kier alpha value is -3.24. The molecule has 0 radical (unpaired) electrons. The highest BCUT2D eigenvalue weighted by Gasteiger charge is 2.35. The van der Waals surface area contributed by atoms with Gasteiger partial charge in [-0.05, 0) is 12.1 Å². The Morgan fingerprint density at radius 3 is 2.78 bits per heavy atom. The molecule has 1 N–H and O–H groups in total. The predicted molar refractivity (Wildman–Crippen MR) is 123 cm³/mol. The molecular weight excluding hydrogens is 448 g/mol. The van der Waals surface area contributed by atoms with Crippen molar-refractivity contribution in [3.8, 4) is 5.75 Å². The van der Waals surface area contributed by atoms with E-state index in [1.165, 1.54) is 23.1 Å². The van der Waals surface area contributed by atoms with Crippen LogP contribution in [0.25, 0.3) is 0 Å². The van der Waals surface area contributed by atoms with Gasteiger partial charge >= 0.3 is 0 Å². The first-order valence-corrected chi connectivity index (χ1v) is 11.6. The van der Waals surface area contributed by atoms with Crippen molar-refractivity contribution < 1.29 is 19.1 Å². The lowest BCUT2D eigenvalue weighted by Gasteiger charge is -2.17. The van der Waals surface area contributed by atoms with Crippen LogP contribution < -0.4 is 15.0 Å². The number of anilines is 2. The van der Waals surface area contributed by atoms with Crippen LogP contribution in [0.2, 0.25) is 0 Å². The maximum Gasteiger partial charge on any atom is 0.231 e. The minimum Gasteiger partial charge on any atom is -0.497 e. The third-order valence-electron chi connectivity index (χ3n) is 4.92. The van der Waals surface area contributed by atoms with Crippen molar-refractivity contribution in [2.45, 2.75) is 10.8 Å². The Morgan fingerprint density at radius 1 is 1.19 bits per heavy atom. The Labute approximate surface area is 193 Å². The summed E-state index contributed by atoms with van der Waals surface area (Å²) < 4.78 is 5.80. The Bertz CT molecular complexity index is 1140. The van der Waals surface area contributed by atoms with Gasteiger partial charge in [0.1, 0.15) is 5.75 Å². The topological polar surface area (TPSA) is 101 Å². The predicted octanol–water partition coefficient (Wildman–Crippen LogP) is 3.51. The van der Waals surface area contributed by atoms with Crippen molar-refractivity contribution >= 4 is 51.5 Å². The quantitative estimate of drug-likeness (QED) is 0.307. The summed E-state index contributed by atoms with van der Waals surface area (Å²) in [4.78, 5) is 38.9. The lowest BCUT2D eigenvalue weighted by Crippen LogP contribution is -2.28. The first-order chi connectivity index (χ1) is 15.5. The first-order valence-electron chi connectivity index (χ1n) is 9.83. The highest BCUT2D eigenvalue weighted by Crippen LogP contribution is 2.30. The fourth-order valence-electron chi connectivity index (χ4n) is 3.27. The van der Waals surface area contributed by atoms with E-state index in [9.17, 15) is 14.4 Å². The van der Waals surface area contributed by atoms with Gasteiger partial charge in [-0.1, -0.05) is 59.5 Å². The molecule has 0 saturated carbocycles. The number of ether oxygens (including phenoxy) is 1. The molecule has 8 nitrogen and oxygen atoms in total. The number of hydrogen-bond donors (Lipinski definition) is 1. The second-order valence-corrected chi connectivity index (χ2v) is 9.25. The summed E-state index contributed by atoms with van der Waals surface area (Å²) in [5.74, 6) is -0.0120. The zero-order chi connectivity index (χ0) is 22.5. The molecule has 1 aliphatic rings. The van der Waals surface area contributed by atoms with Crippen molar-refractivity contribution in [2.24, 2.45) is 5.92 Å². The van der Waals surface area contributed by atoms with E-state index in [1.54, 1.807) is 42.3 Å². The summed E-state index contributed by atoms with van der Waals surface area (Å²) in [5.41, 5.74) is 1.34. The zero-order valence-corrected chi connectivity index (χ0v) is 18.8. The number of amides is 2. The molecule has 3 aromatic rings. The SMILES string of the molecule is COc1cccc(N2C[C@@H](C(=O)Nc3nnc(SCC(=O)c4ccccc4)s3)CC2=O)c1. The van der Waals surface area contributed by atoms with Gasteiger partial charge in [-0.25, -0.2) is 0 Å². The summed E-state index contributed by atoms with van der Waals surface area (Å²) in [6, 6.07) is 16.2. The van der Waals surface area contributed by atoms with Crippen LogP contribution in [0, 0.1) is 5.92 Å². The van der Waals surface area contributed by atoms with E-state index in [0.717, 1.165) is 0 Å². The minimum absolute atomic E-state index is 0.00140. The van der Waals surface area contributed by atoms with E-state index in [-0.39, 0.29) is 36.3 Å². The van der Waals surface area contributed by atoms with E-state index < -0.39 is 5.92 Å². The number of aromatic nitrogens is 2. The van der Waals surface area contributed by atoms with Crippen LogP contribution >= 0.6 is 23.1 Å². The number of rotatable bonds is 8. The van der Waals surface area contributed by atoms with Gasteiger partial charge in [0.05, 0.1) is 18.8 Å². The third kappa shape index (κ3) is 5.14. The number of nitrogens with one attached hydrogen (secondary N) is 1. The third-order valence-corrected chi connectivity index (χ3v) is 6.89. The smallest absolute Gasteiger partial charge is 0.231 e. The number of nitrogens with zero attached hydrogens (tertiary/aromatic N) is 3. The van der Waals surface area contributed by atoms with Gasteiger partial charge in [-0.3, -0.25) is 14.4 Å². The second kappa shape index (κ2) is 9.92. The molecule has 2 heterocycles. The van der Waals surface area contributed by atoms with E-state index in [2.05, 4.69) is 15.5 Å². The van der Waals surface area contributed by atoms with Crippen LogP contribution in [-0.2, 0) is 9.59 Å². The largest absolute Gasteiger partial charge is 0.497 e. The van der Waals surface area contributed by atoms with Gasteiger partial charge in [-0.2, -0.15) is 0 Å². The maximum absolute atomic E-state index is 12.7. The Morgan fingerprint density at radius 2 is 2.00 bits per heavy atom. The van der Waals surface area contributed by atoms with Crippen molar-refractivity contribution in [3.05, 3.63) is 60.2 Å². The van der Waals surface area contributed by atoms with Crippen molar-refractivity contribution in [2.75, 3.05) is 29.6 Å². The van der Waals surface area contributed by atoms with Crippen molar-refractivity contribution in [1.29, 1.82) is 0 Å². The number of carbonyl (C=O) groups is 3. The summed E-state index contributed by atoms with van der Waals surface area (Å²) in [7, 11) is 1.56. The normalized spacial score (nSPS) is 15.6. The molecule has 4 rings (SSSR count). The molecule has 1 aliphatic heterocycles. The van der Waals surface area contributed by atoms with Gasteiger partial charge in [0.15, 0.2) is 10.1 Å². The Kier molecular flexibility index (Phi) is 6.81. The van der Waals surface area contributed by atoms with Crippen molar-refractivity contribution in [3.63, 3.8) is 0 Å². The van der Waals surface area contributed by atoms with Gasteiger partial charge in [0.2, 0.25) is 16.9 Å². The number of Topliss-reactive ketones (excluding diaryl/α,β-unsaturated/α-hetero) is 1. The number of thioether (sulfide) groups is 1. The summed E-state index contributed by atoms with van der Waals surface area (Å²) in [6.45, 7) is 0.282. The van der Waals surface area contributed by atoms with Crippen LogP contribution in [-0.4, -0.2) is 47.2 Å². The molecule has 0 bridgehead atoms. The van der Waals surface area contributed by atoms with Crippen LogP contribution in [0.1, 0.15) is 16.8 Å². The molecule has 0 unspecified atom stereocenters. The maximum atomic E-state index is 12.7. The lowest BCUT2D eigenvalue weighted by molar-refractivity contribution is -0.122. The van der Waals surface area contributed by atoms with Gasteiger partial charge in [-0.15, -0.1) is 10.2 Å². The van der Waals surface area contributed by atoms with Crippen LogP contribution in [0.15, 0.2) is 58.9 Å². The molecule has 1 atom stereocenters. The van der Waals surface area contributed by atoms with E-state index in [1.807, 2.05) is 24.3 Å². The van der Waals surface area contributed by atoms with Crippen molar-refractivity contribution in [1.82, 2.24) is 10.2 Å². The average Bonchev–Trinajstić information content (AvgIpc) is 3.44. The van der Waals surface area contributed by atoms with E-state index in [0.29, 0.717) is 26.5 Å². The van der Waals surface area contributed by atoms with E-state index >= 15 is 0 Å². The molecule has 2 aromatic carbocycles. The first kappa shape index (κ1) is 22.0. The van der Waals surface area contributed by atoms with Gasteiger partial charge in [0, 0.05) is 30.3 Å². The van der Waals surface area contributed by atoms with Gasteiger partial charge < -0.3 is 15.0 Å². The average molecular weight is 469 g/mol. The molecular formula is C22H20N4O4S2. The summed E-state index contributed by atoms with van der Waals surface area (Å²) >= 11 is 2.48. The molecule has 1 saturated heterocycles. The standard InChI is InChI=1S/C22H20N4O4S2/c1-30-17-9-5-8-16(11-17)26-12-15(10-19(26)28)20(29)23-21-24-25-22(32-21)31-13-18(27)14-6-3-2-4-7-14/h2-9,11,15H,10,12-13H2,1H3,(H,23,24,29)/t15-/m0/s1. The minimum atomic E-state index is -0.492.